The molecule has 1 aromatic carbocycles. The van der Waals surface area contributed by atoms with Crippen molar-refractivity contribution in [2.24, 2.45) is 5.92 Å². The van der Waals surface area contributed by atoms with E-state index in [1.165, 1.54) is 11.0 Å². The molecule has 0 bridgehead atoms. The summed E-state index contributed by atoms with van der Waals surface area (Å²) in [6.07, 6.45) is -8.43. The van der Waals surface area contributed by atoms with E-state index in [0.717, 1.165) is 17.8 Å². The Kier molecular flexibility index (Phi) is 10.3. The molecule has 55 heavy (non-hydrogen) atoms. The number of fused-ring (bicyclic) bond motifs is 3. The molecule has 3 atom stereocenters. The number of aryl methyl sites for hydroxylation is 1. The zero-order valence-electron chi connectivity index (χ0n) is 30.1. The van der Waals surface area contributed by atoms with Crippen LogP contribution < -0.4 is 15.4 Å². The maximum Gasteiger partial charge on any atom is 0.418 e. The van der Waals surface area contributed by atoms with Crippen LogP contribution in [0.1, 0.15) is 69.5 Å². The van der Waals surface area contributed by atoms with Gasteiger partial charge in [0, 0.05) is 69.1 Å². The first kappa shape index (κ1) is 38.8. The average molecular weight is 799 g/mol. The Hall–Kier alpha value is -4.42. The number of carbonyl (C=O) groups excluding carboxylic acids is 1. The number of nitrogen functional groups attached to an aromatic ring is 1. The highest BCUT2D eigenvalue weighted by Gasteiger charge is 2.52. The van der Waals surface area contributed by atoms with Crippen LogP contribution in [0.5, 0.6) is 6.01 Å². The van der Waals surface area contributed by atoms with Crippen molar-refractivity contribution in [3.8, 4) is 6.01 Å². The molecule has 0 spiro atoms. The van der Waals surface area contributed by atoms with Crippen LogP contribution in [0.15, 0.2) is 35.9 Å². The van der Waals surface area contributed by atoms with Gasteiger partial charge in [-0.15, -0.1) is 0 Å². The van der Waals surface area contributed by atoms with Gasteiger partial charge in [0.1, 0.15) is 12.4 Å². The van der Waals surface area contributed by atoms with Crippen molar-refractivity contribution in [2.45, 2.75) is 70.1 Å². The van der Waals surface area contributed by atoms with Crippen molar-refractivity contribution in [3.63, 3.8) is 0 Å². The van der Waals surface area contributed by atoms with Gasteiger partial charge in [-0.3, -0.25) is 14.4 Å². The summed E-state index contributed by atoms with van der Waals surface area (Å²) in [5.74, 6) is -0.486. The summed E-state index contributed by atoms with van der Waals surface area (Å²) in [6, 6.07) is 2.02. The van der Waals surface area contributed by atoms with Gasteiger partial charge >= 0.3 is 12.2 Å². The number of amides is 1. The number of rotatable bonds is 7. The second-order valence-corrected chi connectivity index (χ2v) is 15.1. The molecule has 2 saturated heterocycles. The maximum atomic E-state index is 14.3. The lowest BCUT2D eigenvalue weighted by Crippen LogP contribution is -2.43. The van der Waals surface area contributed by atoms with Crippen LogP contribution in [0.2, 0.25) is 5.02 Å². The number of aromatic nitrogens is 4. The Morgan fingerprint density at radius 1 is 1.16 bits per heavy atom. The fraction of sp³-hybridized carbons (Fsp3) is 0.500. The Labute approximate surface area is 316 Å². The molecule has 0 saturated carbocycles. The van der Waals surface area contributed by atoms with E-state index in [-0.39, 0.29) is 80.9 Å². The highest BCUT2D eigenvalue weighted by Crippen LogP contribution is 2.47. The van der Waals surface area contributed by atoms with E-state index in [0.29, 0.717) is 47.8 Å². The summed E-state index contributed by atoms with van der Waals surface area (Å²) in [6.45, 7) is 2.61. The van der Waals surface area contributed by atoms with Gasteiger partial charge < -0.3 is 25.0 Å². The van der Waals surface area contributed by atoms with Gasteiger partial charge in [-0.25, -0.2) is 0 Å². The molecule has 1 unspecified atom stereocenters. The first-order valence-electron chi connectivity index (χ1n) is 17.6. The number of hydrogen-bond donors (Lipinski definition) is 1. The van der Waals surface area contributed by atoms with Crippen LogP contribution in [0.25, 0.3) is 0 Å². The highest BCUT2D eigenvalue weighted by atomic mass is 35.5. The van der Waals surface area contributed by atoms with Gasteiger partial charge in [0.05, 0.1) is 46.8 Å². The second-order valence-electron chi connectivity index (χ2n) is 14.7. The average Bonchev–Trinajstić information content (AvgIpc) is 3.65. The van der Waals surface area contributed by atoms with Crippen LogP contribution in [-0.4, -0.2) is 81.3 Å². The molecule has 2 N–H and O–H groups in total. The molecule has 6 heterocycles. The van der Waals surface area contributed by atoms with Gasteiger partial charge in [0.2, 0.25) is 0 Å². The van der Waals surface area contributed by atoms with E-state index in [1.54, 1.807) is 30.6 Å². The summed E-state index contributed by atoms with van der Waals surface area (Å²) in [7, 11) is 3.26. The van der Waals surface area contributed by atoms with Crippen molar-refractivity contribution in [3.05, 3.63) is 80.3 Å². The van der Waals surface area contributed by atoms with Crippen LogP contribution in [-0.2, 0) is 37.0 Å². The second kappa shape index (κ2) is 14.6. The Balaban J connectivity index is 1.28. The number of alkyl halides is 3. The number of benzene rings is 1. The molecule has 296 valence electrons. The van der Waals surface area contributed by atoms with Crippen molar-refractivity contribution < 1.29 is 45.0 Å². The summed E-state index contributed by atoms with van der Waals surface area (Å²) >= 11 is 6.08. The van der Waals surface area contributed by atoms with E-state index >= 15 is 0 Å². The highest BCUT2D eigenvalue weighted by molar-refractivity contribution is 6.31. The molecule has 11 nitrogen and oxygen atoms in total. The van der Waals surface area contributed by atoms with E-state index in [1.807, 2.05) is 4.90 Å². The molecule has 2 aromatic heterocycles. The third-order valence-electron chi connectivity index (χ3n) is 10.8. The van der Waals surface area contributed by atoms with Crippen molar-refractivity contribution in [2.75, 3.05) is 51.0 Å². The van der Waals surface area contributed by atoms with E-state index in [9.17, 15) is 35.5 Å². The monoisotopic (exact) mass is 798 g/mol. The SMILES string of the molecule is Cc1c(C(=O)N(C)C)nn2c1CN(c1nc(OC[C@]34CC(=C(F)F)CN3C[C@@H](C=C(F)F)C4)nc3c1COC(c1cc(N)cc(Cl)c1C(F)(F)F)C3)CCC2. The summed E-state index contributed by atoms with van der Waals surface area (Å²) in [5.41, 5.74) is 6.00. The Morgan fingerprint density at radius 3 is 2.62 bits per heavy atom. The fourth-order valence-electron chi connectivity index (χ4n) is 8.27. The third kappa shape index (κ3) is 7.47. The molecule has 0 radical (unpaired) electrons. The Morgan fingerprint density at radius 2 is 1.93 bits per heavy atom. The topological polar surface area (TPSA) is 115 Å². The van der Waals surface area contributed by atoms with Crippen LogP contribution in [0, 0.1) is 12.8 Å². The minimum absolute atomic E-state index is 0.00863. The van der Waals surface area contributed by atoms with Gasteiger partial charge in [-0.1, -0.05) is 11.6 Å². The first-order chi connectivity index (χ1) is 25.9. The molecule has 3 aromatic rings. The zero-order chi connectivity index (χ0) is 39.6. The molecule has 2 fully saturated rings. The lowest BCUT2D eigenvalue weighted by atomic mass is 9.89. The first-order valence-corrected chi connectivity index (χ1v) is 18.0. The van der Waals surface area contributed by atoms with Gasteiger partial charge in [0.15, 0.2) is 5.69 Å². The van der Waals surface area contributed by atoms with E-state index in [2.05, 4.69) is 10.1 Å². The maximum absolute atomic E-state index is 14.3. The quantitative estimate of drug-likeness (QED) is 0.201. The number of nitrogens with zero attached hydrogens (tertiary/aromatic N) is 7. The molecular weight excluding hydrogens is 761 g/mol. The van der Waals surface area contributed by atoms with Crippen molar-refractivity contribution in [1.29, 1.82) is 0 Å². The molecule has 4 aliphatic rings. The lowest BCUT2D eigenvalue weighted by molar-refractivity contribution is -0.139. The summed E-state index contributed by atoms with van der Waals surface area (Å²) in [5, 5.41) is 4.01. The predicted molar refractivity (Wildman–Crippen MR) is 187 cm³/mol. The predicted octanol–water partition coefficient (Wildman–Crippen LogP) is 6.94. The van der Waals surface area contributed by atoms with Gasteiger partial charge in [-0.2, -0.15) is 45.8 Å². The fourth-order valence-corrected chi connectivity index (χ4v) is 8.61. The third-order valence-corrected chi connectivity index (χ3v) is 11.1. The van der Waals surface area contributed by atoms with E-state index in [4.69, 9.17) is 31.8 Å². The van der Waals surface area contributed by atoms with Crippen molar-refractivity contribution >= 4 is 29.0 Å². The summed E-state index contributed by atoms with van der Waals surface area (Å²) < 4.78 is 111. The van der Waals surface area contributed by atoms with Crippen molar-refractivity contribution in [1.82, 2.24) is 29.5 Å². The molecule has 7 rings (SSSR count). The van der Waals surface area contributed by atoms with Gasteiger partial charge in [-0.05, 0) is 55.9 Å². The molecule has 1 amide bonds. The smallest absolute Gasteiger partial charge is 0.418 e. The van der Waals surface area contributed by atoms with Gasteiger partial charge in [0.25, 0.3) is 18.1 Å². The minimum atomic E-state index is -4.83. The lowest BCUT2D eigenvalue weighted by Gasteiger charge is -2.33. The Bertz CT molecular complexity index is 2080. The molecule has 19 heteroatoms. The molecule has 0 aliphatic carbocycles. The van der Waals surface area contributed by atoms with Crippen LogP contribution in [0.4, 0.5) is 42.2 Å². The number of carbonyl (C=O) groups is 1. The van der Waals surface area contributed by atoms with E-state index < -0.39 is 46.5 Å². The summed E-state index contributed by atoms with van der Waals surface area (Å²) in [4.78, 5) is 27.4. The zero-order valence-corrected chi connectivity index (χ0v) is 30.9. The number of hydrogen-bond acceptors (Lipinski definition) is 9. The number of ether oxygens (including phenoxy) is 2. The van der Waals surface area contributed by atoms with Crippen LogP contribution in [0.3, 0.4) is 0 Å². The standard InChI is InChI=1S/C36H38ClF7N8O3/c1-18-26-15-50(5-4-6-52(26)48-30(18)33(53)49(2)3)32-23-16-54-27(22-8-21(45)9-24(37)29(22)36(42,43)44)10-25(23)46-34(47-32)55-17-35-11-19(7-28(38)39)13-51(35)14-20(12-35)31(40)41/h7-9,19,27H,4-6,10-17,45H2,1-3H3/t19-,27?,35-/m0/s1. The number of nitrogens with two attached hydrogens (primary N) is 1. The van der Waals surface area contributed by atoms with Crippen LogP contribution >= 0.6 is 11.6 Å². The minimum Gasteiger partial charge on any atom is -0.461 e. The molecule has 4 aliphatic heterocycles. The largest absolute Gasteiger partial charge is 0.461 e. The molecular formula is C36H38ClF7N8O3. The normalized spacial score (nSPS) is 22.5. The number of halogens is 8. The number of anilines is 2.